The van der Waals surface area contributed by atoms with Gasteiger partial charge in [0.25, 0.3) is 0 Å². The fourth-order valence-electron chi connectivity index (χ4n) is 4.85. The second kappa shape index (κ2) is 28.6. The van der Waals surface area contributed by atoms with Crippen molar-refractivity contribution < 1.29 is 17.7 Å². The average Bonchev–Trinajstić information content (AvgIpc) is 2.88. The molecule has 0 unspecified atom stereocenters. The lowest BCUT2D eigenvalue weighted by Gasteiger charge is -2.26. The molecule has 0 aromatic rings. The molecule has 0 saturated carbocycles. The van der Waals surface area contributed by atoms with Gasteiger partial charge in [0.1, 0.15) is 0 Å². The second-order valence-electron chi connectivity index (χ2n) is 10.5. The molecule has 0 heterocycles. The minimum Gasteiger partial charge on any atom is -0.377 e. The summed E-state index contributed by atoms with van der Waals surface area (Å²) >= 11 is 0. The molecular formula is C30H63FO3Si. The first-order chi connectivity index (χ1) is 17.2. The summed E-state index contributed by atoms with van der Waals surface area (Å²) in [6, 6.07) is 0.917. The van der Waals surface area contributed by atoms with Crippen LogP contribution in [0.3, 0.4) is 0 Å². The topological polar surface area (TPSA) is 27.7 Å². The van der Waals surface area contributed by atoms with E-state index in [0.29, 0.717) is 0 Å². The minimum absolute atomic E-state index is 0.166. The molecule has 0 rings (SSSR count). The van der Waals surface area contributed by atoms with Crippen LogP contribution in [-0.4, -0.2) is 36.3 Å². The number of rotatable bonds is 30. The molecule has 0 aliphatic rings. The first kappa shape index (κ1) is 35.0. The van der Waals surface area contributed by atoms with Gasteiger partial charge in [-0.25, -0.2) is 0 Å². The molecule has 0 aliphatic heterocycles. The van der Waals surface area contributed by atoms with Crippen LogP contribution in [-0.2, 0) is 13.3 Å². The zero-order chi connectivity index (χ0) is 25.7. The van der Waals surface area contributed by atoms with Crippen molar-refractivity contribution in [3.05, 3.63) is 0 Å². The van der Waals surface area contributed by atoms with E-state index in [1.807, 2.05) is 0 Å². The lowest BCUT2D eigenvalue weighted by molar-refractivity contribution is 0.0955. The van der Waals surface area contributed by atoms with Crippen LogP contribution in [0.25, 0.3) is 0 Å². The van der Waals surface area contributed by atoms with E-state index in [-0.39, 0.29) is 6.67 Å². The largest absolute Gasteiger partial charge is 0.500 e. The predicted octanol–water partition coefficient (Wildman–Crippen LogP) is 10.6. The molecule has 0 spiro atoms. The van der Waals surface area contributed by atoms with Gasteiger partial charge < -0.3 is 13.3 Å². The third-order valence-corrected chi connectivity index (χ3v) is 10.2. The van der Waals surface area contributed by atoms with E-state index in [1.165, 1.54) is 128 Å². The molecular weight excluding hydrogens is 455 g/mol. The van der Waals surface area contributed by atoms with E-state index in [2.05, 4.69) is 6.92 Å². The van der Waals surface area contributed by atoms with Crippen LogP contribution in [0.1, 0.15) is 161 Å². The quantitative estimate of drug-likeness (QED) is 0.0699. The molecule has 0 aliphatic carbocycles. The summed E-state index contributed by atoms with van der Waals surface area (Å²) in [5.41, 5.74) is 0. The summed E-state index contributed by atoms with van der Waals surface area (Å²) in [4.78, 5) is 0. The smallest absolute Gasteiger partial charge is 0.377 e. The van der Waals surface area contributed by atoms with Crippen molar-refractivity contribution in [2.45, 2.75) is 167 Å². The maximum atomic E-state index is 12.1. The Balaban J connectivity index is 3.51. The molecule has 0 fully saturated rings. The zero-order valence-corrected chi connectivity index (χ0v) is 25.2. The van der Waals surface area contributed by atoms with Gasteiger partial charge in [0.15, 0.2) is 0 Å². The molecule has 0 radical (unpaired) electrons. The SMILES string of the molecule is CCCCCCCCCCCCCCCCCCO[Si](CCCCCCCCCCF)(OC)OC. The van der Waals surface area contributed by atoms with Gasteiger partial charge in [-0.1, -0.05) is 142 Å². The summed E-state index contributed by atoms with van der Waals surface area (Å²) in [6.07, 6.45) is 31.1. The molecule has 0 amide bonds. The number of hydrogen-bond donors (Lipinski definition) is 0. The highest BCUT2D eigenvalue weighted by molar-refractivity contribution is 6.60. The molecule has 3 nitrogen and oxygen atoms in total. The van der Waals surface area contributed by atoms with Crippen molar-refractivity contribution in [3.63, 3.8) is 0 Å². The second-order valence-corrected chi connectivity index (χ2v) is 13.5. The molecule has 0 aromatic heterocycles. The maximum Gasteiger partial charge on any atom is 0.500 e. The van der Waals surface area contributed by atoms with Crippen LogP contribution in [0.4, 0.5) is 4.39 Å². The number of unbranched alkanes of at least 4 members (excludes halogenated alkanes) is 22. The average molecular weight is 519 g/mol. The van der Waals surface area contributed by atoms with Gasteiger partial charge in [-0.3, -0.25) is 4.39 Å². The van der Waals surface area contributed by atoms with Gasteiger partial charge in [-0.2, -0.15) is 0 Å². The summed E-state index contributed by atoms with van der Waals surface area (Å²) in [6.45, 7) is 2.89. The standard InChI is InChI=1S/C30H63FO3Si/c1-4-5-6-7-8-9-10-11-12-13-14-15-17-20-23-26-29-34-35(32-2,33-3)30-27-24-21-18-16-19-22-25-28-31/h4-30H2,1-3H3. The molecule has 0 aromatic carbocycles. The molecule has 35 heavy (non-hydrogen) atoms. The van der Waals surface area contributed by atoms with Crippen molar-refractivity contribution in [1.29, 1.82) is 0 Å². The van der Waals surface area contributed by atoms with Crippen molar-refractivity contribution >= 4 is 8.80 Å². The summed E-state index contributed by atoms with van der Waals surface area (Å²) in [7, 11) is 1.01. The number of alkyl halides is 1. The zero-order valence-electron chi connectivity index (χ0n) is 24.2. The predicted molar refractivity (Wildman–Crippen MR) is 153 cm³/mol. The maximum absolute atomic E-state index is 12.1. The third-order valence-electron chi connectivity index (χ3n) is 7.31. The Morgan fingerprint density at radius 3 is 1.17 bits per heavy atom. The Morgan fingerprint density at radius 1 is 0.457 bits per heavy atom. The van der Waals surface area contributed by atoms with Crippen molar-refractivity contribution in [3.8, 4) is 0 Å². The Hall–Kier alpha value is 0.0269. The van der Waals surface area contributed by atoms with E-state index in [9.17, 15) is 4.39 Å². The van der Waals surface area contributed by atoms with Crippen LogP contribution >= 0.6 is 0 Å². The monoisotopic (exact) mass is 518 g/mol. The fourth-order valence-corrected chi connectivity index (χ4v) is 6.95. The van der Waals surface area contributed by atoms with E-state index in [1.54, 1.807) is 14.2 Å². The molecule has 5 heteroatoms. The van der Waals surface area contributed by atoms with E-state index in [4.69, 9.17) is 13.3 Å². The van der Waals surface area contributed by atoms with Crippen molar-refractivity contribution in [1.82, 2.24) is 0 Å². The van der Waals surface area contributed by atoms with Crippen LogP contribution in [0.5, 0.6) is 0 Å². The van der Waals surface area contributed by atoms with E-state index < -0.39 is 8.80 Å². The minimum atomic E-state index is -2.48. The van der Waals surface area contributed by atoms with Gasteiger partial charge in [0.05, 0.1) is 6.67 Å². The normalized spacial score (nSPS) is 12.0. The van der Waals surface area contributed by atoms with Crippen LogP contribution in [0.2, 0.25) is 6.04 Å². The Labute approximate surface area is 221 Å². The fraction of sp³-hybridized carbons (Fsp3) is 1.00. The first-order valence-electron chi connectivity index (χ1n) is 15.5. The third kappa shape index (κ3) is 24.1. The molecule has 0 atom stereocenters. The van der Waals surface area contributed by atoms with Crippen molar-refractivity contribution in [2.75, 3.05) is 27.5 Å². The Bertz CT molecular complexity index is 394. The van der Waals surface area contributed by atoms with Crippen LogP contribution < -0.4 is 0 Å². The van der Waals surface area contributed by atoms with E-state index in [0.717, 1.165) is 38.3 Å². The van der Waals surface area contributed by atoms with Gasteiger partial charge in [-0.05, 0) is 19.3 Å². The first-order valence-corrected chi connectivity index (χ1v) is 17.5. The Kier molecular flexibility index (Phi) is 28.6. The highest BCUT2D eigenvalue weighted by Crippen LogP contribution is 2.20. The number of halogens is 1. The van der Waals surface area contributed by atoms with Gasteiger partial charge in [0.2, 0.25) is 0 Å². The van der Waals surface area contributed by atoms with Crippen molar-refractivity contribution in [2.24, 2.45) is 0 Å². The summed E-state index contributed by atoms with van der Waals surface area (Å²) < 4.78 is 29.8. The lowest BCUT2D eigenvalue weighted by atomic mass is 10.0. The van der Waals surface area contributed by atoms with Gasteiger partial charge >= 0.3 is 8.80 Å². The molecule has 0 saturated heterocycles. The molecule has 0 N–H and O–H groups in total. The molecule has 0 bridgehead atoms. The Morgan fingerprint density at radius 2 is 0.800 bits per heavy atom. The van der Waals surface area contributed by atoms with Gasteiger partial charge in [-0.15, -0.1) is 0 Å². The summed E-state index contributed by atoms with van der Waals surface area (Å²) in [5.74, 6) is 0. The van der Waals surface area contributed by atoms with E-state index >= 15 is 0 Å². The number of hydrogen-bond acceptors (Lipinski definition) is 3. The van der Waals surface area contributed by atoms with Crippen LogP contribution in [0, 0.1) is 0 Å². The highest BCUT2D eigenvalue weighted by Gasteiger charge is 2.38. The van der Waals surface area contributed by atoms with Crippen LogP contribution in [0.15, 0.2) is 0 Å². The highest BCUT2D eigenvalue weighted by atomic mass is 28.4. The van der Waals surface area contributed by atoms with Gasteiger partial charge in [0, 0.05) is 26.9 Å². The lowest BCUT2D eigenvalue weighted by Crippen LogP contribution is -2.44. The molecule has 212 valence electrons. The summed E-state index contributed by atoms with van der Waals surface area (Å²) in [5, 5.41) is 0.